The van der Waals surface area contributed by atoms with E-state index in [9.17, 15) is 0 Å². The lowest BCUT2D eigenvalue weighted by Crippen LogP contribution is -2.54. The number of aryl methyl sites for hydroxylation is 2. The van der Waals surface area contributed by atoms with E-state index in [2.05, 4.69) is 76.9 Å². The summed E-state index contributed by atoms with van der Waals surface area (Å²) in [7, 11) is 0. The summed E-state index contributed by atoms with van der Waals surface area (Å²) in [6.45, 7) is 19.0. The van der Waals surface area contributed by atoms with Crippen LogP contribution in [-0.2, 0) is 0 Å². The molecule has 21 heavy (non-hydrogen) atoms. The van der Waals surface area contributed by atoms with Crippen LogP contribution in [0.1, 0.15) is 63.8 Å². The van der Waals surface area contributed by atoms with E-state index in [0.29, 0.717) is 6.04 Å². The summed E-state index contributed by atoms with van der Waals surface area (Å²) < 4.78 is 0. The summed E-state index contributed by atoms with van der Waals surface area (Å²) >= 11 is 0. The molecule has 0 amide bonds. The summed E-state index contributed by atoms with van der Waals surface area (Å²) in [5, 5.41) is 3.75. The molecule has 0 fully saturated rings. The topological polar surface area (TPSA) is 15.3 Å². The fourth-order valence-corrected chi connectivity index (χ4v) is 3.63. The van der Waals surface area contributed by atoms with Crippen LogP contribution in [0.2, 0.25) is 0 Å². The third kappa shape index (κ3) is 4.08. The molecule has 2 atom stereocenters. The number of likely N-dealkylation sites (N-methyl/N-ethyl adjacent to an activating group) is 2. The minimum absolute atomic E-state index is 0.139. The highest BCUT2D eigenvalue weighted by molar-refractivity contribution is 5.32. The highest BCUT2D eigenvalue weighted by atomic mass is 15.2. The van der Waals surface area contributed by atoms with Gasteiger partial charge in [0.2, 0.25) is 0 Å². The zero-order chi connectivity index (χ0) is 16.0. The fraction of sp³-hybridized carbons (Fsp3) is 0.684. The van der Waals surface area contributed by atoms with E-state index in [1.165, 1.54) is 16.7 Å². The van der Waals surface area contributed by atoms with Crippen molar-refractivity contribution in [3.63, 3.8) is 0 Å². The van der Waals surface area contributed by atoms with Crippen LogP contribution in [0.15, 0.2) is 18.2 Å². The van der Waals surface area contributed by atoms with Crippen LogP contribution < -0.4 is 5.32 Å². The maximum Gasteiger partial charge on any atom is 0.0504 e. The molecule has 0 spiro atoms. The minimum atomic E-state index is 0.139. The molecular formula is C19H34N2. The summed E-state index contributed by atoms with van der Waals surface area (Å²) in [4.78, 5) is 2.60. The first-order valence-electron chi connectivity index (χ1n) is 8.49. The van der Waals surface area contributed by atoms with Gasteiger partial charge in [-0.25, -0.2) is 0 Å². The zero-order valence-electron chi connectivity index (χ0n) is 15.1. The smallest absolute Gasteiger partial charge is 0.0504 e. The largest absolute Gasteiger partial charge is 0.309 e. The molecule has 2 unspecified atom stereocenters. The molecule has 0 saturated heterocycles. The lowest BCUT2D eigenvalue weighted by atomic mass is 9.82. The molecular weight excluding hydrogens is 256 g/mol. The first-order chi connectivity index (χ1) is 9.92. The van der Waals surface area contributed by atoms with Crippen LogP contribution in [0.25, 0.3) is 0 Å². The number of nitrogens with zero attached hydrogens (tertiary/aromatic N) is 1. The van der Waals surface area contributed by atoms with E-state index in [0.717, 1.165) is 26.1 Å². The van der Waals surface area contributed by atoms with Crippen molar-refractivity contribution in [2.75, 3.05) is 19.6 Å². The lowest BCUT2D eigenvalue weighted by molar-refractivity contribution is 0.0704. The van der Waals surface area contributed by atoms with E-state index in [-0.39, 0.29) is 5.54 Å². The number of rotatable bonds is 8. The number of hydrogen-bond donors (Lipinski definition) is 1. The maximum atomic E-state index is 3.75. The van der Waals surface area contributed by atoms with Crippen molar-refractivity contribution in [1.29, 1.82) is 0 Å². The summed E-state index contributed by atoms with van der Waals surface area (Å²) in [5.74, 6) is 0. The third-order valence-corrected chi connectivity index (χ3v) is 4.81. The predicted molar refractivity (Wildman–Crippen MR) is 94.0 cm³/mol. The van der Waals surface area contributed by atoms with Crippen LogP contribution in [0.4, 0.5) is 0 Å². The quantitative estimate of drug-likeness (QED) is 0.760. The summed E-state index contributed by atoms with van der Waals surface area (Å²) in [6.07, 6.45) is 1.14. The van der Waals surface area contributed by atoms with Gasteiger partial charge in [0.05, 0.1) is 6.04 Å². The Hall–Kier alpha value is -0.860. The first kappa shape index (κ1) is 18.2. The van der Waals surface area contributed by atoms with Gasteiger partial charge in [0.25, 0.3) is 0 Å². The summed E-state index contributed by atoms with van der Waals surface area (Å²) in [5.41, 5.74) is 4.27. The molecule has 0 saturated carbocycles. The van der Waals surface area contributed by atoms with E-state index in [1.807, 2.05) is 0 Å². The molecule has 2 heteroatoms. The average Bonchev–Trinajstić information content (AvgIpc) is 2.44. The van der Waals surface area contributed by atoms with Crippen LogP contribution in [0, 0.1) is 13.8 Å². The Balaban J connectivity index is 3.30. The Kier molecular flexibility index (Phi) is 6.89. The molecule has 1 rings (SSSR count). The van der Waals surface area contributed by atoms with Crippen molar-refractivity contribution >= 4 is 0 Å². The molecule has 0 aliphatic rings. The maximum absolute atomic E-state index is 3.75. The standard InChI is InChI=1S/C19H34N2/c1-8-19(7,21(10-3)11-4)18(20-9-2)17-13-15(5)12-16(6)14-17/h12-14,18,20H,8-11H2,1-7H3. The minimum Gasteiger partial charge on any atom is -0.309 e. The van der Waals surface area contributed by atoms with Crippen LogP contribution in [0.3, 0.4) is 0 Å². The van der Waals surface area contributed by atoms with Gasteiger partial charge < -0.3 is 5.32 Å². The second-order valence-corrected chi connectivity index (χ2v) is 6.29. The lowest BCUT2D eigenvalue weighted by Gasteiger charge is -2.46. The normalized spacial score (nSPS) is 16.0. The Bertz CT molecular complexity index is 417. The van der Waals surface area contributed by atoms with Gasteiger partial charge >= 0.3 is 0 Å². The molecule has 0 bridgehead atoms. The van der Waals surface area contributed by atoms with Crippen LogP contribution in [0.5, 0.6) is 0 Å². The zero-order valence-corrected chi connectivity index (χ0v) is 15.1. The second-order valence-electron chi connectivity index (χ2n) is 6.29. The predicted octanol–water partition coefficient (Wildman–Crippen LogP) is 4.46. The van der Waals surface area contributed by atoms with Crippen molar-refractivity contribution in [3.8, 4) is 0 Å². The van der Waals surface area contributed by atoms with Crippen molar-refractivity contribution in [2.45, 2.75) is 66.5 Å². The van der Waals surface area contributed by atoms with E-state index < -0.39 is 0 Å². The number of hydrogen-bond acceptors (Lipinski definition) is 2. The van der Waals surface area contributed by atoms with Crippen LogP contribution in [-0.4, -0.2) is 30.1 Å². The van der Waals surface area contributed by atoms with Gasteiger partial charge in [0, 0.05) is 5.54 Å². The highest BCUT2D eigenvalue weighted by Gasteiger charge is 2.37. The van der Waals surface area contributed by atoms with Gasteiger partial charge in [-0.1, -0.05) is 57.0 Å². The molecule has 1 aromatic rings. The van der Waals surface area contributed by atoms with E-state index in [4.69, 9.17) is 0 Å². The van der Waals surface area contributed by atoms with E-state index in [1.54, 1.807) is 0 Å². The molecule has 1 N–H and O–H groups in total. The Labute approximate surface area is 131 Å². The van der Waals surface area contributed by atoms with Gasteiger partial charge in [-0.05, 0) is 52.4 Å². The molecule has 0 radical (unpaired) electrons. The van der Waals surface area contributed by atoms with Gasteiger partial charge in [-0.2, -0.15) is 0 Å². The van der Waals surface area contributed by atoms with Crippen molar-refractivity contribution in [3.05, 3.63) is 34.9 Å². The Morgan fingerprint density at radius 1 is 1.00 bits per heavy atom. The first-order valence-corrected chi connectivity index (χ1v) is 8.49. The third-order valence-electron chi connectivity index (χ3n) is 4.81. The molecule has 0 aliphatic heterocycles. The molecule has 0 aliphatic carbocycles. The van der Waals surface area contributed by atoms with Gasteiger partial charge in [-0.15, -0.1) is 0 Å². The van der Waals surface area contributed by atoms with Gasteiger partial charge in [-0.3, -0.25) is 4.90 Å². The molecule has 0 heterocycles. The molecule has 2 nitrogen and oxygen atoms in total. The SMILES string of the molecule is CCNC(c1cc(C)cc(C)c1)C(C)(CC)N(CC)CC. The molecule has 1 aromatic carbocycles. The van der Waals surface area contributed by atoms with E-state index >= 15 is 0 Å². The number of benzene rings is 1. The second kappa shape index (κ2) is 7.95. The van der Waals surface area contributed by atoms with Crippen molar-refractivity contribution < 1.29 is 0 Å². The fourth-order valence-electron chi connectivity index (χ4n) is 3.63. The van der Waals surface area contributed by atoms with Crippen molar-refractivity contribution in [1.82, 2.24) is 10.2 Å². The Morgan fingerprint density at radius 3 is 1.90 bits per heavy atom. The van der Waals surface area contributed by atoms with Gasteiger partial charge in [0.15, 0.2) is 0 Å². The van der Waals surface area contributed by atoms with Gasteiger partial charge in [0.1, 0.15) is 0 Å². The van der Waals surface area contributed by atoms with Crippen LogP contribution >= 0.6 is 0 Å². The average molecular weight is 290 g/mol. The highest BCUT2D eigenvalue weighted by Crippen LogP contribution is 2.35. The Morgan fingerprint density at radius 2 is 1.52 bits per heavy atom. The monoisotopic (exact) mass is 290 g/mol. The number of nitrogens with one attached hydrogen (secondary N) is 1. The van der Waals surface area contributed by atoms with Crippen molar-refractivity contribution in [2.24, 2.45) is 0 Å². The molecule has 120 valence electrons. The summed E-state index contributed by atoms with van der Waals surface area (Å²) in [6, 6.07) is 7.31. The molecule has 0 aromatic heterocycles.